The molecule has 1 heterocycles. The maximum Gasteiger partial charge on any atom is 0.253 e. The Balaban J connectivity index is 1.57. The zero-order chi connectivity index (χ0) is 18.5. The Labute approximate surface area is 156 Å². The molecule has 1 aliphatic heterocycles. The molecule has 1 aliphatic rings. The molecule has 0 saturated carbocycles. The minimum absolute atomic E-state index is 0.00768. The third-order valence-electron chi connectivity index (χ3n) is 4.16. The number of halogens is 2. The largest absolute Gasteiger partial charge is 0.376 e. The van der Waals surface area contributed by atoms with E-state index in [1.165, 1.54) is 18.2 Å². The molecule has 5 nitrogen and oxygen atoms in total. The van der Waals surface area contributed by atoms with Crippen LogP contribution in [0.4, 0.5) is 15.8 Å². The van der Waals surface area contributed by atoms with Crippen molar-refractivity contribution in [1.82, 2.24) is 4.90 Å². The van der Waals surface area contributed by atoms with Gasteiger partial charge in [0, 0.05) is 30.0 Å². The summed E-state index contributed by atoms with van der Waals surface area (Å²) in [6.45, 7) is 1.55. The standard InChI is InChI=1S/C19H19ClFN3O2/c20-16-11-14(6-7-17(16)21)22-12-18(25)23-15-5-3-4-13(10-15)19(26)24-8-1-2-9-24/h3-7,10-11,22H,1-2,8-9,12H2,(H,23,25). The van der Waals surface area contributed by atoms with Gasteiger partial charge in [-0.2, -0.15) is 0 Å². The van der Waals surface area contributed by atoms with Crippen molar-refractivity contribution < 1.29 is 14.0 Å². The van der Waals surface area contributed by atoms with Crippen molar-refractivity contribution in [2.75, 3.05) is 30.3 Å². The SMILES string of the molecule is O=C(CNc1ccc(F)c(Cl)c1)Nc1cccc(C(=O)N2CCCC2)c1. The van der Waals surface area contributed by atoms with Gasteiger partial charge in [-0.3, -0.25) is 9.59 Å². The van der Waals surface area contributed by atoms with Crippen LogP contribution in [0.25, 0.3) is 0 Å². The number of nitrogens with zero attached hydrogens (tertiary/aromatic N) is 1. The van der Waals surface area contributed by atoms with E-state index in [4.69, 9.17) is 11.6 Å². The maximum absolute atomic E-state index is 13.1. The summed E-state index contributed by atoms with van der Waals surface area (Å²) in [5, 5.41) is 5.61. The zero-order valence-electron chi connectivity index (χ0n) is 14.1. The fourth-order valence-electron chi connectivity index (χ4n) is 2.83. The van der Waals surface area contributed by atoms with Crippen molar-refractivity contribution in [3.8, 4) is 0 Å². The van der Waals surface area contributed by atoms with Crippen LogP contribution in [0.1, 0.15) is 23.2 Å². The van der Waals surface area contributed by atoms with E-state index in [9.17, 15) is 14.0 Å². The van der Waals surface area contributed by atoms with Gasteiger partial charge in [-0.1, -0.05) is 17.7 Å². The van der Waals surface area contributed by atoms with E-state index in [1.807, 2.05) is 4.90 Å². The Kier molecular flexibility index (Phi) is 5.73. The third kappa shape index (κ3) is 4.52. The minimum Gasteiger partial charge on any atom is -0.376 e. The summed E-state index contributed by atoms with van der Waals surface area (Å²) < 4.78 is 13.1. The second kappa shape index (κ2) is 8.19. The molecule has 2 N–H and O–H groups in total. The molecule has 2 aromatic carbocycles. The second-order valence-electron chi connectivity index (χ2n) is 6.11. The van der Waals surface area contributed by atoms with Gasteiger partial charge in [0.15, 0.2) is 0 Å². The summed E-state index contributed by atoms with van der Waals surface area (Å²) in [6, 6.07) is 11.0. The van der Waals surface area contributed by atoms with E-state index in [0.29, 0.717) is 16.9 Å². The lowest BCUT2D eigenvalue weighted by Crippen LogP contribution is -2.27. The molecular formula is C19H19ClFN3O2. The predicted molar refractivity (Wildman–Crippen MR) is 100 cm³/mol. The van der Waals surface area contributed by atoms with Crippen LogP contribution in [-0.2, 0) is 4.79 Å². The van der Waals surface area contributed by atoms with Gasteiger partial charge in [0.05, 0.1) is 11.6 Å². The van der Waals surface area contributed by atoms with Gasteiger partial charge in [0.2, 0.25) is 5.91 Å². The van der Waals surface area contributed by atoms with Gasteiger partial charge in [-0.15, -0.1) is 0 Å². The van der Waals surface area contributed by atoms with E-state index in [-0.39, 0.29) is 23.4 Å². The summed E-state index contributed by atoms with van der Waals surface area (Å²) in [4.78, 5) is 26.3. The normalized spacial score (nSPS) is 13.5. The molecule has 3 rings (SSSR count). The molecule has 1 fully saturated rings. The number of hydrogen-bond donors (Lipinski definition) is 2. The quantitative estimate of drug-likeness (QED) is 0.836. The Morgan fingerprint density at radius 1 is 1.08 bits per heavy atom. The number of anilines is 2. The molecule has 0 aromatic heterocycles. The number of nitrogens with one attached hydrogen (secondary N) is 2. The first-order chi connectivity index (χ1) is 12.5. The summed E-state index contributed by atoms with van der Waals surface area (Å²) >= 11 is 5.71. The molecule has 0 unspecified atom stereocenters. The van der Waals surface area contributed by atoms with E-state index >= 15 is 0 Å². The first-order valence-corrected chi connectivity index (χ1v) is 8.79. The first kappa shape index (κ1) is 18.2. The third-order valence-corrected chi connectivity index (χ3v) is 4.45. The van der Waals surface area contributed by atoms with E-state index < -0.39 is 5.82 Å². The van der Waals surface area contributed by atoms with Gasteiger partial charge in [0.1, 0.15) is 5.82 Å². The number of benzene rings is 2. The zero-order valence-corrected chi connectivity index (χ0v) is 14.9. The number of likely N-dealkylation sites (tertiary alicyclic amines) is 1. The van der Waals surface area contributed by atoms with Crippen LogP contribution < -0.4 is 10.6 Å². The number of hydrogen-bond acceptors (Lipinski definition) is 3. The highest BCUT2D eigenvalue weighted by Gasteiger charge is 2.19. The van der Waals surface area contributed by atoms with Gasteiger partial charge in [-0.25, -0.2) is 4.39 Å². The van der Waals surface area contributed by atoms with Gasteiger partial charge >= 0.3 is 0 Å². The van der Waals surface area contributed by atoms with Crippen molar-refractivity contribution in [3.63, 3.8) is 0 Å². The van der Waals surface area contributed by atoms with Gasteiger partial charge in [0.25, 0.3) is 5.91 Å². The molecule has 2 amide bonds. The van der Waals surface area contributed by atoms with Crippen LogP contribution in [0, 0.1) is 5.82 Å². The smallest absolute Gasteiger partial charge is 0.253 e. The highest BCUT2D eigenvalue weighted by molar-refractivity contribution is 6.31. The lowest BCUT2D eigenvalue weighted by Gasteiger charge is -2.16. The molecule has 0 atom stereocenters. The maximum atomic E-state index is 13.1. The molecule has 0 spiro atoms. The Bertz CT molecular complexity index is 822. The van der Waals surface area contributed by atoms with E-state index in [2.05, 4.69) is 10.6 Å². The monoisotopic (exact) mass is 375 g/mol. The van der Waals surface area contributed by atoms with Crippen LogP contribution in [0.3, 0.4) is 0 Å². The van der Waals surface area contributed by atoms with Crippen molar-refractivity contribution >= 4 is 34.8 Å². The van der Waals surface area contributed by atoms with Crippen molar-refractivity contribution in [2.24, 2.45) is 0 Å². The van der Waals surface area contributed by atoms with Crippen molar-refractivity contribution in [3.05, 3.63) is 58.9 Å². The number of amides is 2. The van der Waals surface area contributed by atoms with Gasteiger partial charge in [-0.05, 0) is 49.2 Å². The minimum atomic E-state index is -0.513. The summed E-state index contributed by atoms with van der Waals surface area (Å²) in [5.41, 5.74) is 1.66. The molecule has 2 aromatic rings. The van der Waals surface area contributed by atoms with Crippen LogP contribution in [-0.4, -0.2) is 36.3 Å². The van der Waals surface area contributed by atoms with Crippen molar-refractivity contribution in [2.45, 2.75) is 12.8 Å². The summed E-state index contributed by atoms with van der Waals surface area (Å²) in [7, 11) is 0. The van der Waals surface area contributed by atoms with Crippen LogP contribution in [0.2, 0.25) is 5.02 Å². The summed E-state index contributed by atoms with van der Waals surface area (Å²) in [6.07, 6.45) is 2.06. The highest BCUT2D eigenvalue weighted by Crippen LogP contribution is 2.19. The number of rotatable bonds is 5. The Hall–Kier alpha value is -2.60. The average Bonchev–Trinajstić information content (AvgIpc) is 3.17. The molecule has 7 heteroatoms. The topological polar surface area (TPSA) is 61.4 Å². The van der Waals surface area contributed by atoms with Crippen LogP contribution in [0.15, 0.2) is 42.5 Å². The predicted octanol–water partition coefficient (Wildman–Crippen LogP) is 3.77. The molecule has 1 saturated heterocycles. The molecule has 26 heavy (non-hydrogen) atoms. The van der Waals surface area contributed by atoms with E-state index in [0.717, 1.165) is 25.9 Å². The Morgan fingerprint density at radius 2 is 1.85 bits per heavy atom. The molecule has 0 radical (unpaired) electrons. The lowest BCUT2D eigenvalue weighted by molar-refractivity contribution is -0.114. The second-order valence-corrected chi connectivity index (χ2v) is 6.52. The van der Waals surface area contributed by atoms with Crippen LogP contribution in [0.5, 0.6) is 0 Å². The number of carbonyl (C=O) groups is 2. The molecule has 136 valence electrons. The number of carbonyl (C=O) groups excluding carboxylic acids is 2. The summed E-state index contributed by atoms with van der Waals surface area (Å²) in [5.74, 6) is -0.810. The molecule has 0 bridgehead atoms. The first-order valence-electron chi connectivity index (χ1n) is 8.41. The highest BCUT2D eigenvalue weighted by atomic mass is 35.5. The lowest BCUT2D eigenvalue weighted by atomic mass is 10.1. The fourth-order valence-corrected chi connectivity index (χ4v) is 3.01. The fraction of sp³-hybridized carbons (Fsp3) is 0.263. The molecular weight excluding hydrogens is 357 g/mol. The van der Waals surface area contributed by atoms with Gasteiger partial charge < -0.3 is 15.5 Å². The average molecular weight is 376 g/mol. The van der Waals surface area contributed by atoms with Crippen molar-refractivity contribution in [1.29, 1.82) is 0 Å². The van der Waals surface area contributed by atoms with E-state index in [1.54, 1.807) is 24.3 Å². The Morgan fingerprint density at radius 3 is 2.58 bits per heavy atom. The molecule has 0 aliphatic carbocycles. The van der Waals surface area contributed by atoms with Crippen LogP contribution >= 0.6 is 11.6 Å².